The predicted octanol–water partition coefficient (Wildman–Crippen LogP) is 2.95. The molecule has 0 aromatic heterocycles. The molecule has 0 aliphatic carbocycles. The lowest BCUT2D eigenvalue weighted by molar-refractivity contribution is -0.137. The highest BCUT2D eigenvalue weighted by Crippen LogP contribution is 2.28. The molecule has 0 rings (SSSR count). The van der Waals surface area contributed by atoms with Gasteiger partial charge in [0.25, 0.3) is 0 Å². The lowest BCUT2D eigenvalue weighted by Crippen LogP contribution is -2.18. The summed E-state index contributed by atoms with van der Waals surface area (Å²) in [5, 5.41) is 46.5. The lowest BCUT2D eigenvalue weighted by atomic mass is 9.86. The first-order chi connectivity index (χ1) is 14.5. The predicted molar refractivity (Wildman–Crippen MR) is 109 cm³/mol. The Kier molecular flexibility index (Phi) is 12.2. The van der Waals surface area contributed by atoms with Crippen LogP contribution in [0.2, 0.25) is 0 Å². The van der Waals surface area contributed by atoms with E-state index in [9.17, 15) is 44.4 Å². The summed E-state index contributed by atoms with van der Waals surface area (Å²) in [6.45, 7) is 3.39. The second kappa shape index (κ2) is 13.7. The van der Waals surface area contributed by atoms with Crippen molar-refractivity contribution < 1.29 is 49.5 Å². The minimum Gasteiger partial charge on any atom is -0.481 e. The molecule has 0 aromatic rings. The fraction of sp³-hybridized carbons (Fsp3) is 0.476. The average molecular weight is 440 g/mol. The van der Waals surface area contributed by atoms with Gasteiger partial charge in [-0.2, -0.15) is 0 Å². The largest absolute Gasteiger partial charge is 0.481 e. The molecule has 1 atom stereocenters. The van der Waals surface area contributed by atoms with E-state index in [1.807, 2.05) is 0 Å². The van der Waals surface area contributed by atoms with E-state index >= 15 is 0 Å². The van der Waals surface area contributed by atoms with E-state index in [2.05, 4.69) is 0 Å². The van der Waals surface area contributed by atoms with Crippen molar-refractivity contribution in [2.75, 3.05) is 0 Å². The molecule has 0 aliphatic heterocycles. The van der Waals surface area contributed by atoms with Gasteiger partial charge in [0.15, 0.2) is 0 Å². The fourth-order valence-corrected chi connectivity index (χ4v) is 2.93. The maximum Gasteiger partial charge on any atom is 0.336 e. The van der Waals surface area contributed by atoms with Crippen molar-refractivity contribution in [3.63, 3.8) is 0 Å². The van der Waals surface area contributed by atoms with Gasteiger partial charge in [0.2, 0.25) is 0 Å². The van der Waals surface area contributed by atoms with E-state index in [-0.39, 0.29) is 38.5 Å². The van der Waals surface area contributed by atoms with Crippen molar-refractivity contribution in [2.24, 2.45) is 5.92 Å². The molecule has 0 aromatic carbocycles. The Balaban J connectivity index is 6.10. The number of carboxylic acids is 5. The molecule has 0 amide bonds. The van der Waals surface area contributed by atoms with Crippen molar-refractivity contribution in [3.05, 3.63) is 34.4 Å². The minimum atomic E-state index is -1.50. The molecule has 10 nitrogen and oxygen atoms in total. The summed E-state index contributed by atoms with van der Waals surface area (Å²) < 4.78 is 0. The van der Waals surface area contributed by atoms with Crippen LogP contribution in [0.15, 0.2) is 34.4 Å². The Hall–Kier alpha value is -3.43. The maximum atomic E-state index is 11.7. The molecule has 0 saturated heterocycles. The van der Waals surface area contributed by atoms with Crippen LogP contribution in [-0.4, -0.2) is 55.4 Å². The highest BCUT2D eigenvalue weighted by atomic mass is 16.4. The summed E-state index contributed by atoms with van der Waals surface area (Å²) in [7, 11) is 0. The number of hydrogen-bond donors (Lipinski definition) is 5. The van der Waals surface area contributed by atoms with E-state index < -0.39 is 58.1 Å². The molecule has 0 spiro atoms. The lowest BCUT2D eigenvalue weighted by Gasteiger charge is -2.18. The van der Waals surface area contributed by atoms with Gasteiger partial charge in [-0.3, -0.25) is 4.79 Å². The second-order valence-corrected chi connectivity index (χ2v) is 6.81. The summed E-state index contributed by atoms with van der Waals surface area (Å²) in [5.74, 6) is -7.70. The molecule has 0 bridgehead atoms. The van der Waals surface area contributed by atoms with E-state index in [0.29, 0.717) is 6.42 Å². The zero-order chi connectivity index (χ0) is 24.1. The Labute approximate surface area is 179 Å². The summed E-state index contributed by atoms with van der Waals surface area (Å²) in [6.07, 6.45) is 2.14. The van der Waals surface area contributed by atoms with Gasteiger partial charge in [0.05, 0.1) is 11.1 Å². The Morgan fingerprint density at radius 3 is 1.61 bits per heavy atom. The van der Waals surface area contributed by atoms with Crippen LogP contribution in [0.5, 0.6) is 0 Å². The molecule has 1 unspecified atom stereocenters. The van der Waals surface area contributed by atoms with Gasteiger partial charge in [-0.1, -0.05) is 32.4 Å². The highest BCUT2D eigenvalue weighted by molar-refractivity contribution is 6.01. The first-order valence-corrected chi connectivity index (χ1v) is 9.72. The number of allylic oxidation sites excluding steroid dienone is 1. The van der Waals surface area contributed by atoms with Gasteiger partial charge in [-0.05, 0) is 38.0 Å². The van der Waals surface area contributed by atoms with Crippen molar-refractivity contribution >= 4 is 29.8 Å². The number of hydrogen-bond acceptors (Lipinski definition) is 5. The Bertz CT molecular complexity index is 801. The number of carbonyl (C=O) groups is 5. The van der Waals surface area contributed by atoms with Gasteiger partial charge in [-0.25, -0.2) is 19.2 Å². The first kappa shape index (κ1) is 27.6. The Morgan fingerprint density at radius 1 is 0.710 bits per heavy atom. The Morgan fingerprint density at radius 2 is 1.23 bits per heavy atom. The molecule has 0 radical (unpaired) electrons. The minimum absolute atomic E-state index is 0.0736. The summed E-state index contributed by atoms with van der Waals surface area (Å²) in [4.78, 5) is 57.2. The average Bonchev–Trinajstić information content (AvgIpc) is 2.66. The summed E-state index contributed by atoms with van der Waals surface area (Å²) in [6, 6.07) is 0. The van der Waals surface area contributed by atoms with Crippen molar-refractivity contribution in [2.45, 2.75) is 58.8 Å². The summed E-state index contributed by atoms with van der Waals surface area (Å²) >= 11 is 0. The maximum absolute atomic E-state index is 11.7. The van der Waals surface area contributed by atoms with Gasteiger partial charge in [-0.15, -0.1) is 0 Å². The molecule has 0 aliphatic rings. The van der Waals surface area contributed by atoms with E-state index in [1.54, 1.807) is 13.8 Å². The molecule has 10 heteroatoms. The van der Waals surface area contributed by atoms with Gasteiger partial charge < -0.3 is 25.5 Å². The van der Waals surface area contributed by atoms with Gasteiger partial charge in [0, 0.05) is 17.6 Å². The second-order valence-electron chi connectivity index (χ2n) is 6.81. The van der Waals surface area contributed by atoms with Gasteiger partial charge in [0.1, 0.15) is 0 Å². The summed E-state index contributed by atoms with van der Waals surface area (Å²) in [5.41, 5.74) is -1.72. The normalized spacial score (nSPS) is 13.9. The van der Waals surface area contributed by atoms with E-state index in [0.717, 1.165) is 0 Å². The van der Waals surface area contributed by atoms with Crippen LogP contribution in [0.4, 0.5) is 0 Å². The molecule has 0 fully saturated rings. The monoisotopic (exact) mass is 440 g/mol. The third-order valence-corrected chi connectivity index (χ3v) is 4.59. The topological polar surface area (TPSA) is 186 Å². The standard InChI is InChI=1S/C21H28O10/c1-3-5-7-13(18(24)25)15(20(28)29)10-12(4-2)11-16(21(30)31)14(19(26)27)8-6-9-17(22)23/h5,7,12H,3-4,6,8-11H2,1-2H3,(H,22,23)(H,24,25)(H,26,27)(H,28,29)(H,30,31)/b7-5+,15-13-,16-14-. The van der Waals surface area contributed by atoms with Crippen LogP contribution in [0.1, 0.15) is 58.8 Å². The third-order valence-electron chi connectivity index (χ3n) is 4.59. The highest BCUT2D eigenvalue weighted by Gasteiger charge is 2.26. The van der Waals surface area contributed by atoms with Crippen molar-refractivity contribution in [3.8, 4) is 0 Å². The van der Waals surface area contributed by atoms with E-state index in [1.165, 1.54) is 12.2 Å². The smallest absolute Gasteiger partial charge is 0.336 e. The van der Waals surface area contributed by atoms with Crippen LogP contribution in [-0.2, 0) is 24.0 Å². The number of carboxylic acid groups (broad SMARTS) is 5. The van der Waals surface area contributed by atoms with Gasteiger partial charge >= 0.3 is 29.8 Å². The first-order valence-electron chi connectivity index (χ1n) is 9.72. The number of aliphatic carboxylic acids is 5. The zero-order valence-electron chi connectivity index (χ0n) is 17.5. The van der Waals surface area contributed by atoms with Crippen molar-refractivity contribution in [1.82, 2.24) is 0 Å². The van der Waals surface area contributed by atoms with Crippen LogP contribution in [0.25, 0.3) is 0 Å². The molecule has 5 N–H and O–H groups in total. The van der Waals surface area contributed by atoms with Crippen molar-refractivity contribution in [1.29, 1.82) is 0 Å². The zero-order valence-corrected chi connectivity index (χ0v) is 17.5. The van der Waals surface area contributed by atoms with Crippen LogP contribution in [0.3, 0.4) is 0 Å². The van der Waals surface area contributed by atoms with Crippen LogP contribution in [0, 0.1) is 5.92 Å². The molecular weight excluding hydrogens is 412 g/mol. The molecule has 0 saturated carbocycles. The molecule has 172 valence electrons. The quantitative estimate of drug-likeness (QED) is 0.187. The molecule has 0 heterocycles. The van der Waals surface area contributed by atoms with Crippen LogP contribution >= 0.6 is 0 Å². The molecular formula is C21H28O10. The molecule has 31 heavy (non-hydrogen) atoms. The van der Waals surface area contributed by atoms with Crippen LogP contribution < -0.4 is 0 Å². The van der Waals surface area contributed by atoms with E-state index in [4.69, 9.17) is 5.11 Å². The number of rotatable bonds is 15. The SMILES string of the molecule is CC/C=C/C(C(=O)O)=C(\CC(CC)C/C(C(=O)O)=C(\CCCC(=O)O)C(=O)O)C(=O)O. The fourth-order valence-electron chi connectivity index (χ4n) is 2.93. The third kappa shape index (κ3) is 9.75.